The molecule has 2 aromatic carbocycles. The Labute approximate surface area is 148 Å². The Hall–Kier alpha value is -2.95. The summed E-state index contributed by atoms with van der Waals surface area (Å²) >= 11 is 0. The number of benzene rings is 2. The van der Waals surface area contributed by atoms with Gasteiger partial charge in [0.2, 0.25) is 5.95 Å². The molecule has 0 unspecified atom stereocenters. The monoisotopic (exact) mass is 331 g/mol. The second-order valence-corrected chi connectivity index (χ2v) is 6.22. The SMILES string of the molecule is c1ccc(CN(c2ccccc2)c2cnnc(N3CCCC3)n2)cc1. The van der Waals surface area contributed by atoms with E-state index in [1.54, 1.807) is 6.20 Å². The minimum Gasteiger partial charge on any atom is -0.339 e. The summed E-state index contributed by atoms with van der Waals surface area (Å²) in [7, 11) is 0. The minimum atomic E-state index is 0.726. The molecule has 1 saturated heterocycles. The van der Waals surface area contributed by atoms with Crippen LogP contribution in [0.2, 0.25) is 0 Å². The molecular weight excluding hydrogens is 310 g/mol. The lowest BCUT2D eigenvalue weighted by atomic mass is 10.2. The van der Waals surface area contributed by atoms with E-state index in [0.717, 1.165) is 37.1 Å². The maximum atomic E-state index is 4.81. The minimum absolute atomic E-state index is 0.726. The number of hydrogen-bond donors (Lipinski definition) is 0. The van der Waals surface area contributed by atoms with Crippen LogP contribution in [0.25, 0.3) is 0 Å². The summed E-state index contributed by atoms with van der Waals surface area (Å²) in [4.78, 5) is 9.20. The van der Waals surface area contributed by atoms with Crippen LogP contribution >= 0.6 is 0 Å². The Morgan fingerprint density at radius 1 is 0.880 bits per heavy atom. The largest absolute Gasteiger partial charge is 0.339 e. The zero-order valence-electron chi connectivity index (χ0n) is 14.1. The highest BCUT2D eigenvalue weighted by molar-refractivity contribution is 5.60. The summed E-state index contributed by atoms with van der Waals surface area (Å²) in [5.74, 6) is 1.55. The number of aromatic nitrogens is 3. The second-order valence-electron chi connectivity index (χ2n) is 6.22. The van der Waals surface area contributed by atoms with Crippen LogP contribution in [-0.2, 0) is 6.54 Å². The van der Waals surface area contributed by atoms with Crippen molar-refractivity contribution in [3.8, 4) is 0 Å². The number of rotatable bonds is 5. The van der Waals surface area contributed by atoms with Crippen molar-refractivity contribution in [2.45, 2.75) is 19.4 Å². The molecule has 1 aliphatic heterocycles. The fourth-order valence-electron chi connectivity index (χ4n) is 3.15. The predicted molar refractivity (Wildman–Crippen MR) is 100 cm³/mol. The van der Waals surface area contributed by atoms with Crippen LogP contribution < -0.4 is 9.80 Å². The molecule has 1 aromatic heterocycles. The number of hydrogen-bond acceptors (Lipinski definition) is 5. The van der Waals surface area contributed by atoms with E-state index < -0.39 is 0 Å². The molecule has 4 rings (SSSR count). The molecule has 0 saturated carbocycles. The third kappa shape index (κ3) is 3.60. The molecule has 0 radical (unpaired) electrons. The first kappa shape index (κ1) is 15.6. The van der Waals surface area contributed by atoms with E-state index in [1.807, 2.05) is 24.3 Å². The van der Waals surface area contributed by atoms with Crippen molar-refractivity contribution in [1.29, 1.82) is 0 Å². The smallest absolute Gasteiger partial charge is 0.247 e. The van der Waals surface area contributed by atoms with Gasteiger partial charge in [0.1, 0.15) is 0 Å². The molecule has 2 heterocycles. The van der Waals surface area contributed by atoms with Crippen molar-refractivity contribution in [3.05, 3.63) is 72.4 Å². The van der Waals surface area contributed by atoms with Crippen molar-refractivity contribution in [2.24, 2.45) is 0 Å². The predicted octanol–water partition coefficient (Wildman–Crippen LogP) is 3.81. The van der Waals surface area contributed by atoms with Gasteiger partial charge in [-0.05, 0) is 30.5 Å². The van der Waals surface area contributed by atoms with E-state index in [0.29, 0.717) is 0 Å². The van der Waals surface area contributed by atoms with Gasteiger partial charge in [0, 0.05) is 25.3 Å². The van der Waals surface area contributed by atoms with Gasteiger partial charge in [0.15, 0.2) is 5.82 Å². The number of para-hydroxylation sites is 1. The summed E-state index contributed by atoms with van der Waals surface area (Å²) in [5, 5.41) is 8.46. The van der Waals surface area contributed by atoms with Crippen LogP contribution in [0.5, 0.6) is 0 Å². The zero-order valence-corrected chi connectivity index (χ0v) is 14.1. The lowest BCUT2D eigenvalue weighted by Crippen LogP contribution is -2.23. The summed E-state index contributed by atoms with van der Waals surface area (Å²) in [6.45, 7) is 2.76. The van der Waals surface area contributed by atoms with Crippen LogP contribution in [0.3, 0.4) is 0 Å². The highest BCUT2D eigenvalue weighted by Crippen LogP contribution is 2.26. The fraction of sp³-hybridized carbons (Fsp3) is 0.250. The van der Waals surface area contributed by atoms with E-state index in [9.17, 15) is 0 Å². The number of anilines is 3. The molecule has 1 aliphatic rings. The summed E-state index contributed by atoms with van der Waals surface area (Å²) < 4.78 is 0. The van der Waals surface area contributed by atoms with E-state index in [4.69, 9.17) is 4.98 Å². The van der Waals surface area contributed by atoms with Gasteiger partial charge < -0.3 is 9.80 Å². The van der Waals surface area contributed by atoms with Crippen molar-refractivity contribution < 1.29 is 0 Å². The highest BCUT2D eigenvalue weighted by atomic mass is 15.4. The van der Waals surface area contributed by atoms with Gasteiger partial charge in [-0.1, -0.05) is 48.5 Å². The lowest BCUT2D eigenvalue weighted by Gasteiger charge is -2.25. The quantitative estimate of drug-likeness (QED) is 0.711. The van der Waals surface area contributed by atoms with Crippen molar-refractivity contribution in [1.82, 2.24) is 15.2 Å². The van der Waals surface area contributed by atoms with Crippen LogP contribution in [0.4, 0.5) is 17.5 Å². The number of nitrogens with zero attached hydrogens (tertiary/aromatic N) is 5. The summed E-state index contributed by atoms with van der Waals surface area (Å²) in [6, 6.07) is 20.7. The Morgan fingerprint density at radius 2 is 1.56 bits per heavy atom. The van der Waals surface area contributed by atoms with Gasteiger partial charge in [-0.2, -0.15) is 10.1 Å². The fourth-order valence-corrected chi connectivity index (χ4v) is 3.15. The van der Waals surface area contributed by atoms with Crippen molar-refractivity contribution in [2.75, 3.05) is 22.9 Å². The summed E-state index contributed by atoms with van der Waals surface area (Å²) in [5.41, 5.74) is 2.33. The third-order valence-electron chi connectivity index (χ3n) is 4.45. The van der Waals surface area contributed by atoms with Crippen LogP contribution in [-0.4, -0.2) is 28.3 Å². The van der Waals surface area contributed by atoms with E-state index in [-0.39, 0.29) is 0 Å². The Kier molecular flexibility index (Phi) is 4.55. The van der Waals surface area contributed by atoms with Gasteiger partial charge in [0.25, 0.3) is 0 Å². The average molecular weight is 331 g/mol. The Bertz CT molecular complexity index is 801. The van der Waals surface area contributed by atoms with Crippen molar-refractivity contribution in [3.63, 3.8) is 0 Å². The molecule has 0 atom stereocenters. The topological polar surface area (TPSA) is 45.2 Å². The van der Waals surface area contributed by atoms with Gasteiger partial charge in [-0.15, -0.1) is 5.10 Å². The molecule has 0 spiro atoms. The highest BCUT2D eigenvalue weighted by Gasteiger charge is 2.18. The normalized spacial score (nSPS) is 13.8. The van der Waals surface area contributed by atoms with Crippen molar-refractivity contribution >= 4 is 17.5 Å². The molecule has 1 fully saturated rings. The Balaban J connectivity index is 1.69. The first-order valence-electron chi connectivity index (χ1n) is 8.71. The summed E-state index contributed by atoms with van der Waals surface area (Å²) in [6.07, 6.45) is 4.13. The second kappa shape index (κ2) is 7.30. The molecule has 0 N–H and O–H groups in total. The molecule has 0 bridgehead atoms. The molecular formula is C20H21N5. The van der Waals surface area contributed by atoms with Gasteiger partial charge in [-0.25, -0.2) is 0 Å². The zero-order chi connectivity index (χ0) is 16.9. The molecule has 5 nitrogen and oxygen atoms in total. The average Bonchev–Trinajstić information content (AvgIpc) is 3.23. The third-order valence-corrected chi connectivity index (χ3v) is 4.45. The molecule has 25 heavy (non-hydrogen) atoms. The Morgan fingerprint density at radius 3 is 2.28 bits per heavy atom. The van der Waals surface area contributed by atoms with Crippen LogP contribution in [0.15, 0.2) is 66.9 Å². The maximum Gasteiger partial charge on any atom is 0.247 e. The van der Waals surface area contributed by atoms with Crippen LogP contribution in [0.1, 0.15) is 18.4 Å². The first-order chi connectivity index (χ1) is 12.4. The van der Waals surface area contributed by atoms with Gasteiger partial charge >= 0.3 is 0 Å². The molecule has 0 aliphatic carbocycles. The van der Waals surface area contributed by atoms with Crippen LogP contribution in [0, 0.1) is 0 Å². The molecule has 0 amide bonds. The first-order valence-corrected chi connectivity index (χ1v) is 8.71. The molecule has 126 valence electrons. The van der Waals surface area contributed by atoms with Gasteiger partial charge in [-0.3, -0.25) is 0 Å². The van der Waals surface area contributed by atoms with Gasteiger partial charge in [0.05, 0.1) is 6.20 Å². The maximum absolute atomic E-state index is 4.81. The lowest BCUT2D eigenvalue weighted by molar-refractivity contribution is 0.831. The molecule has 5 heteroatoms. The molecule has 3 aromatic rings. The van der Waals surface area contributed by atoms with E-state index in [1.165, 1.54) is 18.4 Å². The standard InChI is InChI=1S/C20H21N5/c1-3-9-17(10-4-1)16-25(18-11-5-2-6-12-18)19-15-21-23-20(22-19)24-13-7-8-14-24/h1-6,9-12,15H,7-8,13-14,16H2. The van der Waals surface area contributed by atoms with E-state index >= 15 is 0 Å². The van der Waals surface area contributed by atoms with E-state index in [2.05, 4.69) is 56.4 Å².